The van der Waals surface area contributed by atoms with Crippen molar-refractivity contribution in [2.45, 2.75) is 0 Å². The molecule has 1 aromatic heterocycles. The van der Waals surface area contributed by atoms with Crippen molar-refractivity contribution in [3.63, 3.8) is 0 Å². The van der Waals surface area contributed by atoms with Gasteiger partial charge in [0.25, 0.3) is 5.91 Å². The number of hydrogen-bond acceptors (Lipinski definition) is 2. The standard InChI is InChI=1S/C17H15FN4O2/c1-19-17(24)21-11-5-2-4-10(8-11)20-16(23)15-9-12-13(18)6-3-7-14(12)22-15/h2-9,22H,1H3,(H,20,23)(H2,19,21,24). The molecule has 7 heteroatoms. The van der Waals surface area contributed by atoms with Gasteiger partial charge in [0.15, 0.2) is 0 Å². The number of nitrogens with one attached hydrogen (secondary N) is 4. The molecule has 0 saturated carbocycles. The first kappa shape index (κ1) is 15.5. The quantitative estimate of drug-likeness (QED) is 0.595. The van der Waals surface area contributed by atoms with E-state index in [1.54, 1.807) is 36.4 Å². The zero-order valence-electron chi connectivity index (χ0n) is 12.8. The van der Waals surface area contributed by atoms with Crippen molar-refractivity contribution in [2.24, 2.45) is 0 Å². The van der Waals surface area contributed by atoms with Crippen LogP contribution in [0.25, 0.3) is 10.9 Å². The van der Waals surface area contributed by atoms with Crippen LogP contribution in [0.4, 0.5) is 20.6 Å². The minimum Gasteiger partial charge on any atom is -0.350 e. The fourth-order valence-electron chi connectivity index (χ4n) is 2.31. The predicted octanol–water partition coefficient (Wildman–Crippen LogP) is 3.31. The number of aromatic nitrogens is 1. The second kappa shape index (κ2) is 6.41. The number of urea groups is 1. The molecular weight excluding hydrogens is 311 g/mol. The normalized spacial score (nSPS) is 10.4. The minimum atomic E-state index is -0.400. The van der Waals surface area contributed by atoms with Gasteiger partial charge in [-0.1, -0.05) is 12.1 Å². The molecular formula is C17H15FN4O2. The molecule has 0 saturated heterocycles. The van der Waals surface area contributed by atoms with Gasteiger partial charge >= 0.3 is 6.03 Å². The Bertz CT molecular complexity index is 920. The largest absolute Gasteiger partial charge is 0.350 e. The molecule has 0 atom stereocenters. The van der Waals surface area contributed by atoms with Gasteiger partial charge in [0.05, 0.1) is 0 Å². The second-order valence-corrected chi connectivity index (χ2v) is 5.12. The summed E-state index contributed by atoms with van der Waals surface area (Å²) in [6.07, 6.45) is 0. The van der Waals surface area contributed by atoms with E-state index >= 15 is 0 Å². The van der Waals surface area contributed by atoms with Gasteiger partial charge < -0.3 is 20.9 Å². The van der Waals surface area contributed by atoms with Crippen LogP contribution >= 0.6 is 0 Å². The Balaban J connectivity index is 1.79. The molecule has 0 unspecified atom stereocenters. The molecule has 3 aromatic rings. The van der Waals surface area contributed by atoms with E-state index in [2.05, 4.69) is 20.9 Å². The van der Waals surface area contributed by atoms with Crippen molar-refractivity contribution in [1.29, 1.82) is 0 Å². The van der Waals surface area contributed by atoms with Gasteiger partial charge in [-0.3, -0.25) is 4.79 Å². The van der Waals surface area contributed by atoms with Crippen LogP contribution in [0.15, 0.2) is 48.5 Å². The van der Waals surface area contributed by atoms with E-state index in [1.165, 1.54) is 19.2 Å². The number of benzene rings is 2. The molecule has 0 radical (unpaired) electrons. The van der Waals surface area contributed by atoms with Gasteiger partial charge in [0.1, 0.15) is 11.5 Å². The summed E-state index contributed by atoms with van der Waals surface area (Å²) in [6, 6.07) is 12.4. The van der Waals surface area contributed by atoms with Crippen molar-refractivity contribution in [1.82, 2.24) is 10.3 Å². The summed E-state index contributed by atoms with van der Waals surface area (Å²) < 4.78 is 13.7. The number of aromatic amines is 1. The smallest absolute Gasteiger partial charge is 0.318 e. The Morgan fingerprint density at radius 2 is 1.71 bits per heavy atom. The number of H-pyrrole nitrogens is 1. The maximum absolute atomic E-state index is 13.7. The first-order chi connectivity index (χ1) is 11.6. The first-order valence-corrected chi connectivity index (χ1v) is 7.24. The molecule has 0 bridgehead atoms. The van der Waals surface area contributed by atoms with Crippen molar-refractivity contribution in [3.05, 3.63) is 60.0 Å². The third-order valence-corrected chi connectivity index (χ3v) is 3.46. The SMILES string of the molecule is CNC(=O)Nc1cccc(NC(=O)c2cc3c(F)cccc3[nH]2)c1. The van der Waals surface area contributed by atoms with E-state index < -0.39 is 5.91 Å². The number of halogens is 1. The van der Waals surface area contributed by atoms with Gasteiger partial charge in [-0.2, -0.15) is 0 Å². The summed E-state index contributed by atoms with van der Waals surface area (Å²) in [7, 11) is 1.51. The van der Waals surface area contributed by atoms with E-state index in [0.717, 1.165) is 0 Å². The zero-order valence-corrected chi connectivity index (χ0v) is 12.8. The van der Waals surface area contributed by atoms with Crippen LogP contribution in [-0.2, 0) is 0 Å². The van der Waals surface area contributed by atoms with Gasteiger partial charge in [-0.25, -0.2) is 9.18 Å². The number of hydrogen-bond donors (Lipinski definition) is 4. The fourth-order valence-corrected chi connectivity index (χ4v) is 2.31. The molecule has 0 aliphatic carbocycles. The van der Waals surface area contributed by atoms with E-state index in [0.29, 0.717) is 22.3 Å². The third-order valence-electron chi connectivity index (χ3n) is 3.46. The number of fused-ring (bicyclic) bond motifs is 1. The summed E-state index contributed by atoms with van der Waals surface area (Å²) >= 11 is 0. The first-order valence-electron chi connectivity index (χ1n) is 7.24. The van der Waals surface area contributed by atoms with E-state index in [1.807, 2.05) is 0 Å². The Morgan fingerprint density at radius 1 is 1.00 bits per heavy atom. The van der Waals surface area contributed by atoms with Crippen molar-refractivity contribution in [2.75, 3.05) is 17.7 Å². The summed E-state index contributed by atoms with van der Waals surface area (Å²) in [4.78, 5) is 26.5. The maximum atomic E-state index is 13.7. The molecule has 122 valence electrons. The zero-order chi connectivity index (χ0) is 17.1. The van der Waals surface area contributed by atoms with Gasteiger partial charge in [0, 0.05) is 29.3 Å². The average Bonchev–Trinajstić information content (AvgIpc) is 3.01. The highest BCUT2D eigenvalue weighted by atomic mass is 19.1. The highest BCUT2D eigenvalue weighted by Gasteiger charge is 2.12. The molecule has 4 N–H and O–H groups in total. The maximum Gasteiger partial charge on any atom is 0.318 e. The molecule has 24 heavy (non-hydrogen) atoms. The van der Waals surface area contributed by atoms with Crippen LogP contribution in [-0.4, -0.2) is 24.0 Å². The van der Waals surface area contributed by atoms with Crippen LogP contribution in [0.3, 0.4) is 0 Å². The van der Waals surface area contributed by atoms with Crippen molar-refractivity contribution in [3.8, 4) is 0 Å². The predicted molar refractivity (Wildman–Crippen MR) is 90.7 cm³/mol. The number of carbonyl (C=O) groups excluding carboxylic acids is 2. The van der Waals surface area contributed by atoms with Crippen LogP contribution in [0.2, 0.25) is 0 Å². The Hall–Kier alpha value is -3.35. The topological polar surface area (TPSA) is 86.0 Å². The molecule has 0 fully saturated rings. The lowest BCUT2D eigenvalue weighted by Crippen LogP contribution is -2.24. The number of carbonyl (C=O) groups is 2. The fraction of sp³-hybridized carbons (Fsp3) is 0.0588. The molecule has 0 aliphatic heterocycles. The second-order valence-electron chi connectivity index (χ2n) is 5.12. The lowest BCUT2D eigenvalue weighted by Gasteiger charge is -2.08. The molecule has 0 aliphatic rings. The summed E-state index contributed by atoms with van der Waals surface area (Å²) in [5, 5.41) is 8.12. The summed E-state index contributed by atoms with van der Waals surface area (Å²) in [6.45, 7) is 0. The molecule has 0 spiro atoms. The summed E-state index contributed by atoms with van der Waals surface area (Å²) in [5.74, 6) is -0.790. The third kappa shape index (κ3) is 3.19. The number of rotatable bonds is 3. The average molecular weight is 326 g/mol. The van der Waals surface area contributed by atoms with Crippen LogP contribution in [0.1, 0.15) is 10.5 Å². The van der Waals surface area contributed by atoms with Crippen LogP contribution in [0, 0.1) is 5.82 Å². The van der Waals surface area contributed by atoms with Gasteiger partial charge in [0.2, 0.25) is 0 Å². The van der Waals surface area contributed by atoms with E-state index in [9.17, 15) is 14.0 Å². The van der Waals surface area contributed by atoms with Gasteiger partial charge in [-0.15, -0.1) is 0 Å². The molecule has 2 aromatic carbocycles. The van der Waals surface area contributed by atoms with Gasteiger partial charge in [-0.05, 0) is 36.4 Å². The molecule has 1 heterocycles. The highest BCUT2D eigenvalue weighted by Crippen LogP contribution is 2.20. The lowest BCUT2D eigenvalue weighted by atomic mass is 10.2. The molecule has 3 rings (SSSR count). The Labute approximate surface area is 137 Å². The Kier molecular flexibility index (Phi) is 4.15. The number of amides is 3. The monoisotopic (exact) mass is 326 g/mol. The Morgan fingerprint density at radius 3 is 2.42 bits per heavy atom. The number of anilines is 2. The van der Waals surface area contributed by atoms with Crippen molar-refractivity contribution < 1.29 is 14.0 Å². The molecule has 3 amide bonds. The van der Waals surface area contributed by atoms with Crippen molar-refractivity contribution >= 4 is 34.2 Å². The van der Waals surface area contributed by atoms with E-state index in [-0.39, 0.29) is 17.5 Å². The highest BCUT2D eigenvalue weighted by molar-refractivity contribution is 6.06. The lowest BCUT2D eigenvalue weighted by molar-refractivity contribution is 0.102. The van der Waals surface area contributed by atoms with Crippen LogP contribution < -0.4 is 16.0 Å². The van der Waals surface area contributed by atoms with Crippen LogP contribution in [0.5, 0.6) is 0 Å². The minimum absolute atomic E-state index is 0.250. The van der Waals surface area contributed by atoms with E-state index in [4.69, 9.17) is 0 Å². The molecule has 6 nitrogen and oxygen atoms in total. The summed E-state index contributed by atoms with van der Waals surface area (Å²) in [5.41, 5.74) is 1.85.